The minimum atomic E-state index is -0.765. The van der Waals surface area contributed by atoms with Crippen LogP contribution in [0.15, 0.2) is 0 Å². The minimum Gasteiger partial charge on any atom is -0.393 e. The van der Waals surface area contributed by atoms with Gasteiger partial charge in [0.15, 0.2) is 0 Å². The van der Waals surface area contributed by atoms with Gasteiger partial charge in [-0.1, -0.05) is 13.8 Å². The van der Waals surface area contributed by atoms with E-state index in [9.17, 15) is 10.2 Å². The predicted molar refractivity (Wildman–Crippen MR) is 86.2 cm³/mol. The van der Waals surface area contributed by atoms with Gasteiger partial charge >= 0.3 is 0 Å². The molecule has 5 rings (SSSR count). The largest absolute Gasteiger partial charge is 0.393 e. The normalized spacial score (nSPS) is 65.5. The standard InChI is InChI=1S/C20H32O2/c1-17-7-5-13-9-18(13,2)15(17)6-8-19-10-14(3-4-16(17)19)20(22,11-19)12-21/h13-16,21-22H,3-12H2,1-2H3/t13-,14+,15+,16+,17-,18+,19+,20+/m1/s1. The molecular formula is C20H32O2. The molecule has 5 aliphatic rings. The molecule has 0 radical (unpaired) electrons. The lowest BCUT2D eigenvalue weighted by Crippen LogP contribution is -2.54. The van der Waals surface area contributed by atoms with E-state index in [-0.39, 0.29) is 6.61 Å². The Bertz CT molecular complexity index is 518. The highest BCUT2D eigenvalue weighted by Gasteiger charge is 2.71. The molecule has 1 spiro atoms. The number of hydrogen-bond donors (Lipinski definition) is 2. The maximum absolute atomic E-state index is 10.9. The molecule has 2 heteroatoms. The van der Waals surface area contributed by atoms with Crippen molar-refractivity contribution in [1.82, 2.24) is 0 Å². The molecule has 5 aliphatic carbocycles. The van der Waals surface area contributed by atoms with Gasteiger partial charge in [0.25, 0.3) is 0 Å². The van der Waals surface area contributed by atoms with E-state index in [0.717, 1.165) is 30.6 Å². The molecule has 0 aromatic rings. The highest BCUT2D eigenvalue weighted by molar-refractivity contribution is 5.20. The lowest BCUT2D eigenvalue weighted by Gasteiger charge is -2.61. The van der Waals surface area contributed by atoms with Crippen molar-refractivity contribution in [2.75, 3.05) is 6.61 Å². The molecule has 22 heavy (non-hydrogen) atoms. The maximum atomic E-state index is 10.9. The fourth-order valence-corrected chi connectivity index (χ4v) is 8.65. The molecule has 8 atom stereocenters. The molecule has 0 amide bonds. The summed E-state index contributed by atoms with van der Waals surface area (Å²) in [5, 5.41) is 20.7. The van der Waals surface area contributed by atoms with Crippen molar-refractivity contribution >= 4 is 0 Å². The van der Waals surface area contributed by atoms with Gasteiger partial charge in [-0.15, -0.1) is 0 Å². The molecule has 0 heterocycles. The molecule has 2 N–H and O–H groups in total. The van der Waals surface area contributed by atoms with Crippen LogP contribution in [0.2, 0.25) is 0 Å². The average molecular weight is 304 g/mol. The van der Waals surface area contributed by atoms with Gasteiger partial charge in [-0.2, -0.15) is 0 Å². The Balaban J connectivity index is 1.54. The van der Waals surface area contributed by atoms with Gasteiger partial charge in [0.1, 0.15) is 0 Å². The van der Waals surface area contributed by atoms with Crippen LogP contribution in [-0.2, 0) is 0 Å². The van der Waals surface area contributed by atoms with E-state index in [1.807, 2.05) is 0 Å². The molecule has 2 nitrogen and oxygen atoms in total. The molecule has 0 saturated heterocycles. The lowest BCUT2D eigenvalue weighted by molar-refractivity contribution is -0.126. The number of fused-ring (bicyclic) bond motifs is 5. The summed E-state index contributed by atoms with van der Waals surface area (Å²) in [5.74, 6) is 3.11. The van der Waals surface area contributed by atoms with Crippen LogP contribution < -0.4 is 0 Å². The van der Waals surface area contributed by atoms with Crippen LogP contribution in [-0.4, -0.2) is 22.4 Å². The van der Waals surface area contributed by atoms with E-state index in [4.69, 9.17) is 0 Å². The second-order valence-corrected chi connectivity index (χ2v) is 10.4. The second kappa shape index (κ2) is 3.94. The van der Waals surface area contributed by atoms with Crippen molar-refractivity contribution < 1.29 is 10.2 Å². The smallest absolute Gasteiger partial charge is 0.0910 e. The van der Waals surface area contributed by atoms with Crippen LogP contribution >= 0.6 is 0 Å². The summed E-state index contributed by atoms with van der Waals surface area (Å²) in [4.78, 5) is 0. The van der Waals surface area contributed by atoms with Gasteiger partial charge in [-0.05, 0) is 97.7 Å². The summed E-state index contributed by atoms with van der Waals surface area (Å²) in [6.07, 6.45) is 11.6. The topological polar surface area (TPSA) is 40.5 Å². The minimum absolute atomic E-state index is 0.0218. The van der Waals surface area contributed by atoms with Crippen molar-refractivity contribution in [3.8, 4) is 0 Å². The molecule has 0 aliphatic heterocycles. The van der Waals surface area contributed by atoms with E-state index in [2.05, 4.69) is 13.8 Å². The van der Waals surface area contributed by atoms with Crippen LogP contribution in [0.1, 0.15) is 71.6 Å². The first-order valence-electron chi connectivity index (χ1n) is 9.70. The van der Waals surface area contributed by atoms with Gasteiger partial charge in [-0.3, -0.25) is 0 Å². The Hall–Kier alpha value is -0.0800. The summed E-state index contributed by atoms with van der Waals surface area (Å²) < 4.78 is 0. The SMILES string of the molecule is C[C@]12C[C@H]1CC[C@]1(C)[C@@H]2CC[C@@]23C[C@H](CC[C@H]21)[C@@](O)(CO)C3. The lowest BCUT2D eigenvalue weighted by atomic mass is 9.43. The molecule has 0 aromatic heterocycles. The highest BCUT2D eigenvalue weighted by Crippen LogP contribution is 2.78. The van der Waals surface area contributed by atoms with E-state index in [1.54, 1.807) is 0 Å². The van der Waals surface area contributed by atoms with Gasteiger partial charge in [-0.25, -0.2) is 0 Å². The van der Waals surface area contributed by atoms with Gasteiger partial charge in [0.2, 0.25) is 0 Å². The molecule has 124 valence electrons. The second-order valence-electron chi connectivity index (χ2n) is 10.4. The van der Waals surface area contributed by atoms with Gasteiger partial charge < -0.3 is 10.2 Å². The Morgan fingerprint density at radius 3 is 2.45 bits per heavy atom. The van der Waals surface area contributed by atoms with E-state index in [1.165, 1.54) is 44.9 Å². The quantitative estimate of drug-likeness (QED) is 0.774. The summed E-state index contributed by atoms with van der Waals surface area (Å²) in [6, 6.07) is 0. The zero-order chi connectivity index (χ0) is 15.4. The predicted octanol–water partition coefficient (Wildman–Crippen LogP) is 3.75. The maximum Gasteiger partial charge on any atom is 0.0910 e. The number of aliphatic hydroxyl groups excluding tert-OH is 1. The van der Waals surface area contributed by atoms with E-state index >= 15 is 0 Å². The monoisotopic (exact) mass is 304 g/mol. The first kappa shape index (κ1) is 14.3. The van der Waals surface area contributed by atoms with Crippen molar-refractivity contribution in [1.29, 1.82) is 0 Å². The van der Waals surface area contributed by atoms with E-state index < -0.39 is 5.60 Å². The van der Waals surface area contributed by atoms with Gasteiger partial charge in [0, 0.05) is 0 Å². The number of hydrogen-bond acceptors (Lipinski definition) is 2. The summed E-state index contributed by atoms with van der Waals surface area (Å²) in [6.45, 7) is 5.16. The summed E-state index contributed by atoms with van der Waals surface area (Å²) >= 11 is 0. The third kappa shape index (κ3) is 1.46. The number of rotatable bonds is 1. The average Bonchev–Trinajstić information content (AvgIpc) is 3.11. The van der Waals surface area contributed by atoms with Crippen LogP contribution in [0.5, 0.6) is 0 Å². The van der Waals surface area contributed by atoms with Crippen LogP contribution in [0.4, 0.5) is 0 Å². The number of aliphatic hydroxyl groups is 2. The highest BCUT2D eigenvalue weighted by atomic mass is 16.3. The molecule has 0 unspecified atom stereocenters. The fourth-order valence-electron chi connectivity index (χ4n) is 8.65. The molecule has 5 saturated carbocycles. The van der Waals surface area contributed by atoms with Gasteiger partial charge in [0.05, 0.1) is 12.2 Å². The van der Waals surface area contributed by atoms with Crippen LogP contribution in [0, 0.1) is 39.9 Å². The Morgan fingerprint density at radius 1 is 0.864 bits per heavy atom. The first-order chi connectivity index (χ1) is 10.4. The Morgan fingerprint density at radius 2 is 1.68 bits per heavy atom. The van der Waals surface area contributed by atoms with Crippen molar-refractivity contribution in [3.63, 3.8) is 0 Å². The molecule has 2 bridgehead atoms. The fraction of sp³-hybridized carbons (Fsp3) is 1.00. The zero-order valence-corrected chi connectivity index (χ0v) is 14.3. The van der Waals surface area contributed by atoms with Crippen molar-refractivity contribution in [2.24, 2.45) is 39.9 Å². The Kier molecular flexibility index (Phi) is 2.56. The molecular weight excluding hydrogens is 272 g/mol. The zero-order valence-electron chi connectivity index (χ0n) is 14.3. The van der Waals surface area contributed by atoms with Crippen LogP contribution in [0.25, 0.3) is 0 Å². The van der Waals surface area contributed by atoms with E-state index in [0.29, 0.717) is 22.2 Å². The van der Waals surface area contributed by atoms with Crippen molar-refractivity contribution in [3.05, 3.63) is 0 Å². The third-order valence-electron chi connectivity index (χ3n) is 9.70. The molecule has 0 aromatic carbocycles. The van der Waals surface area contributed by atoms with Crippen molar-refractivity contribution in [2.45, 2.75) is 77.2 Å². The third-order valence-corrected chi connectivity index (χ3v) is 9.70. The molecule has 5 fully saturated rings. The summed E-state index contributed by atoms with van der Waals surface area (Å²) in [5.41, 5.74) is 0.741. The van der Waals surface area contributed by atoms with Crippen LogP contribution in [0.3, 0.4) is 0 Å². The Labute approximate surface area is 134 Å². The summed E-state index contributed by atoms with van der Waals surface area (Å²) in [7, 11) is 0. The first-order valence-corrected chi connectivity index (χ1v) is 9.70.